The number of halogens is 1. The number of nitrogens with one attached hydrogen (secondary N) is 3. The minimum absolute atomic E-state index is 0.126. The van der Waals surface area contributed by atoms with Crippen LogP contribution in [0.1, 0.15) is 17.4 Å². The molecule has 3 N–H and O–H groups in total. The fraction of sp³-hybridized carbons (Fsp3) is 0.0500. The minimum atomic E-state index is -0.354. The van der Waals surface area contributed by atoms with Crippen LogP contribution in [0.2, 0.25) is 5.02 Å². The van der Waals surface area contributed by atoms with Gasteiger partial charge in [0.2, 0.25) is 5.91 Å². The Labute approximate surface area is 161 Å². The summed E-state index contributed by atoms with van der Waals surface area (Å²) >= 11 is 6.06. The van der Waals surface area contributed by atoms with Gasteiger partial charge in [0.15, 0.2) is 0 Å². The number of benzene rings is 2. The van der Waals surface area contributed by atoms with Crippen LogP contribution in [-0.2, 0) is 4.79 Å². The highest BCUT2D eigenvalue weighted by Gasteiger charge is 2.10. The van der Waals surface area contributed by atoms with E-state index in [2.05, 4.69) is 20.9 Å². The Balaban J connectivity index is 1.70. The normalized spacial score (nSPS) is 10.1. The number of para-hydroxylation sites is 1. The molecule has 0 unspecified atom stereocenters. The third kappa shape index (κ3) is 5.05. The lowest BCUT2D eigenvalue weighted by molar-refractivity contribution is -0.114. The van der Waals surface area contributed by atoms with Gasteiger partial charge in [0, 0.05) is 30.2 Å². The maximum absolute atomic E-state index is 12.4. The summed E-state index contributed by atoms with van der Waals surface area (Å²) in [5, 5.41) is 9.10. The van der Waals surface area contributed by atoms with Crippen molar-refractivity contribution in [2.75, 3.05) is 16.0 Å². The Bertz CT molecular complexity index is 974. The molecule has 7 heteroatoms. The predicted molar refractivity (Wildman–Crippen MR) is 108 cm³/mol. The minimum Gasteiger partial charge on any atom is -0.355 e. The van der Waals surface area contributed by atoms with Crippen molar-refractivity contribution in [3.05, 3.63) is 77.6 Å². The van der Waals surface area contributed by atoms with Gasteiger partial charge in [-0.2, -0.15) is 0 Å². The molecule has 1 aromatic heterocycles. The lowest BCUT2D eigenvalue weighted by Gasteiger charge is -2.10. The molecule has 0 spiro atoms. The zero-order chi connectivity index (χ0) is 19.2. The second-order valence-electron chi connectivity index (χ2n) is 5.75. The zero-order valence-corrected chi connectivity index (χ0v) is 15.2. The summed E-state index contributed by atoms with van der Waals surface area (Å²) in [4.78, 5) is 27.6. The summed E-state index contributed by atoms with van der Waals surface area (Å²) in [7, 11) is 0. The number of anilines is 4. The molecule has 0 aliphatic carbocycles. The number of amides is 2. The molecular weight excluding hydrogens is 364 g/mol. The van der Waals surface area contributed by atoms with E-state index in [1.165, 1.54) is 6.92 Å². The smallest absolute Gasteiger partial charge is 0.274 e. The molecule has 27 heavy (non-hydrogen) atoms. The maximum atomic E-state index is 12.4. The van der Waals surface area contributed by atoms with E-state index >= 15 is 0 Å². The molecule has 0 aliphatic heterocycles. The molecule has 0 saturated heterocycles. The Morgan fingerprint density at radius 3 is 2.30 bits per heavy atom. The third-order valence-corrected chi connectivity index (χ3v) is 3.94. The van der Waals surface area contributed by atoms with E-state index in [-0.39, 0.29) is 17.5 Å². The van der Waals surface area contributed by atoms with Crippen LogP contribution >= 0.6 is 11.6 Å². The van der Waals surface area contributed by atoms with Gasteiger partial charge in [-0.25, -0.2) is 0 Å². The number of pyridine rings is 1. The van der Waals surface area contributed by atoms with Gasteiger partial charge < -0.3 is 16.0 Å². The van der Waals surface area contributed by atoms with Gasteiger partial charge in [-0.05, 0) is 48.5 Å². The molecule has 3 aromatic rings. The summed E-state index contributed by atoms with van der Waals surface area (Å²) in [5.74, 6) is -0.480. The number of carbonyl (C=O) groups excluding carboxylic acids is 2. The summed E-state index contributed by atoms with van der Waals surface area (Å²) in [5.41, 5.74) is 3.02. The van der Waals surface area contributed by atoms with Crippen molar-refractivity contribution in [2.24, 2.45) is 0 Å². The molecule has 136 valence electrons. The average Bonchev–Trinajstić information content (AvgIpc) is 2.65. The maximum Gasteiger partial charge on any atom is 0.274 e. The Kier molecular flexibility index (Phi) is 5.68. The second-order valence-corrected chi connectivity index (χ2v) is 6.15. The summed E-state index contributed by atoms with van der Waals surface area (Å²) in [6, 6.07) is 17.6. The predicted octanol–water partition coefficient (Wildman–Crippen LogP) is 4.69. The molecular formula is C20H17ClN4O2. The Hall–Kier alpha value is -3.38. The van der Waals surface area contributed by atoms with Crippen LogP contribution in [0.5, 0.6) is 0 Å². The van der Waals surface area contributed by atoms with E-state index in [9.17, 15) is 9.59 Å². The van der Waals surface area contributed by atoms with Crippen molar-refractivity contribution in [1.82, 2.24) is 4.98 Å². The topological polar surface area (TPSA) is 83.1 Å². The standard InChI is InChI=1S/C20H17ClN4O2/c1-13(26)23-14-6-8-15(9-7-14)24-16-10-11-22-19(12-16)20(27)25-18-5-3-2-4-17(18)21/h2-12H,1H3,(H,22,24)(H,23,26)(H,25,27). The third-order valence-electron chi connectivity index (χ3n) is 3.61. The van der Waals surface area contributed by atoms with Crippen LogP contribution < -0.4 is 16.0 Å². The average molecular weight is 381 g/mol. The molecule has 3 rings (SSSR count). The van der Waals surface area contributed by atoms with Gasteiger partial charge >= 0.3 is 0 Å². The fourth-order valence-corrected chi connectivity index (χ4v) is 2.57. The molecule has 0 aliphatic rings. The quantitative estimate of drug-likeness (QED) is 0.599. The van der Waals surface area contributed by atoms with E-state index in [0.29, 0.717) is 22.1 Å². The highest BCUT2D eigenvalue weighted by Crippen LogP contribution is 2.22. The number of rotatable bonds is 5. The monoisotopic (exact) mass is 380 g/mol. The molecule has 6 nitrogen and oxygen atoms in total. The molecule has 2 amide bonds. The number of aromatic nitrogens is 1. The SMILES string of the molecule is CC(=O)Nc1ccc(Nc2ccnc(C(=O)Nc3ccccc3Cl)c2)cc1. The van der Waals surface area contributed by atoms with Gasteiger partial charge in [-0.15, -0.1) is 0 Å². The van der Waals surface area contributed by atoms with Gasteiger partial charge in [-0.3, -0.25) is 14.6 Å². The van der Waals surface area contributed by atoms with Crippen LogP contribution in [0, 0.1) is 0 Å². The van der Waals surface area contributed by atoms with Crippen molar-refractivity contribution in [3.8, 4) is 0 Å². The van der Waals surface area contributed by atoms with E-state index in [1.807, 2.05) is 12.1 Å². The summed E-state index contributed by atoms with van der Waals surface area (Å²) in [6.45, 7) is 1.46. The first kappa shape index (κ1) is 18.4. The van der Waals surface area contributed by atoms with Gasteiger partial charge in [-0.1, -0.05) is 23.7 Å². The Morgan fingerprint density at radius 1 is 0.889 bits per heavy atom. The van der Waals surface area contributed by atoms with Crippen LogP contribution in [0.15, 0.2) is 66.9 Å². The van der Waals surface area contributed by atoms with Gasteiger partial charge in [0.1, 0.15) is 5.69 Å². The molecule has 0 fully saturated rings. The van der Waals surface area contributed by atoms with E-state index < -0.39 is 0 Å². The number of nitrogens with zero attached hydrogens (tertiary/aromatic N) is 1. The first-order chi connectivity index (χ1) is 13.0. The molecule has 2 aromatic carbocycles. The van der Waals surface area contributed by atoms with Crippen molar-refractivity contribution >= 4 is 46.2 Å². The van der Waals surface area contributed by atoms with Crippen LogP contribution in [-0.4, -0.2) is 16.8 Å². The summed E-state index contributed by atoms with van der Waals surface area (Å²) in [6.07, 6.45) is 1.55. The Morgan fingerprint density at radius 2 is 1.59 bits per heavy atom. The molecule has 1 heterocycles. The van der Waals surface area contributed by atoms with Crippen molar-refractivity contribution in [3.63, 3.8) is 0 Å². The second kappa shape index (κ2) is 8.33. The van der Waals surface area contributed by atoms with E-state index in [0.717, 1.165) is 5.69 Å². The van der Waals surface area contributed by atoms with E-state index in [4.69, 9.17) is 11.6 Å². The van der Waals surface area contributed by atoms with E-state index in [1.54, 1.807) is 54.7 Å². The zero-order valence-electron chi connectivity index (χ0n) is 14.5. The van der Waals surface area contributed by atoms with Crippen LogP contribution in [0.4, 0.5) is 22.7 Å². The lowest BCUT2D eigenvalue weighted by atomic mass is 10.2. The molecule has 0 bridgehead atoms. The fourth-order valence-electron chi connectivity index (χ4n) is 2.39. The lowest BCUT2D eigenvalue weighted by Crippen LogP contribution is -2.14. The molecule has 0 radical (unpaired) electrons. The summed E-state index contributed by atoms with van der Waals surface area (Å²) < 4.78 is 0. The largest absolute Gasteiger partial charge is 0.355 e. The highest BCUT2D eigenvalue weighted by molar-refractivity contribution is 6.33. The highest BCUT2D eigenvalue weighted by atomic mass is 35.5. The number of hydrogen-bond acceptors (Lipinski definition) is 4. The first-order valence-electron chi connectivity index (χ1n) is 8.18. The van der Waals surface area contributed by atoms with Crippen LogP contribution in [0.3, 0.4) is 0 Å². The number of hydrogen-bond donors (Lipinski definition) is 3. The van der Waals surface area contributed by atoms with Crippen molar-refractivity contribution in [2.45, 2.75) is 6.92 Å². The molecule has 0 saturated carbocycles. The van der Waals surface area contributed by atoms with Crippen molar-refractivity contribution < 1.29 is 9.59 Å². The first-order valence-corrected chi connectivity index (χ1v) is 8.56. The molecule has 0 atom stereocenters. The van der Waals surface area contributed by atoms with Crippen LogP contribution in [0.25, 0.3) is 0 Å². The number of carbonyl (C=O) groups is 2. The van der Waals surface area contributed by atoms with Gasteiger partial charge in [0.25, 0.3) is 5.91 Å². The van der Waals surface area contributed by atoms with Crippen molar-refractivity contribution in [1.29, 1.82) is 0 Å². The van der Waals surface area contributed by atoms with Gasteiger partial charge in [0.05, 0.1) is 10.7 Å².